The maximum absolute atomic E-state index is 13.3. The number of rotatable bonds is 1. The van der Waals surface area contributed by atoms with E-state index in [9.17, 15) is 9.18 Å². The van der Waals surface area contributed by atoms with Crippen molar-refractivity contribution in [3.63, 3.8) is 0 Å². The van der Waals surface area contributed by atoms with Gasteiger partial charge < -0.3 is 5.73 Å². The summed E-state index contributed by atoms with van der Waals surface area (Å²) in [5.74, 6) is -0.573. The number of benzene rings is 1. The Morgan fingerprint density at radius 3 is 2.93 bits per heavy atom. The van der Waals surface area contributed by atoms with Gasteiger partial charge in [-0.3, -0.25) is 9.36 Å². The lowest BCUT2D eigenvalue weighted by atomic mass is 10.2. The van der Waals surface area contributed by atoms with Gasteiger partial charge in [0.2, 0.25) is 5.28 Å². The van der Waals surface area contributed by atoms with Crippen molar-refractivity contribution < 1.29 is 4.39 Å². The Morgan fingerprint density at radius 2 is 2.27 bits per heavy atom. The van der Waals surface area contributed by atoms with Crippen molar-refractivity contribution in [2.24, 2.45) is 5.73 Å². The standard InChI is InChI=1S/C9H7ClFN3O/c10-9-13-7-5(2-1-3-6(7)11)8(15)14(9)4-12/h1-3H,4,12H2. The van der Waals surface area contributed by atoms with Crippen molar-refractivity contribution in [3.05, 3.63) is 39.7 Å². The fourth-order valence-electron chi connectivity index (χ4n) is 1.34. The number of nitrogens with zero attached hydrogens (tertiary/aromatic N) is 2. The molecule has 0 unspecified atom stereocenters. The predicted octanol–water partition coefficient (Wildman–Crippen LogP) is 1.11. The minimum atomic E-state index is -0.573. The van der Waals surface area contributed by atoms with Gasteiger partial charge in [0.15, 0.2) is 0 Å². The van der Waals surface area contributed by atoms with Crippen molar-refractivity contribution in [2.45, 2.75) is 6.67 Å². The lowest BCUT2D eigenvalue weighted by Gasteiger charge is -2.06. The van der Waals surface area contributed by atoms with Crippen molar-refractivity contribution in [1.29, 1.82) is 0 Å². The fourth-order valence-corrected chi connectivity index (χ4v) is 1.57. The van der Waals surface area contributed by atoms with Gasteiger partial charge in [-0.25, -0.2) is 9.37 Å². The van der Waals surface area contributed by atoms with E-state index in [4.69, 9.17) is 17.3 Å². The molecule has 2 N–H and O–H groups in total. The van der Waals surface area contributed by atoms with Gasteiger partial charge in [-0.15, -0.1) is 0 Å². The summed E-state index contributed by atoms with van der Waals surface area (Å²) in [7, 11) is 0. The average molecular weight is 228 g/mol. The highest BCUT2D eigenvalue weighted by atomic mass is 35.5. The third-order valence-electron chi connectivity index (χ3n) is 2.07. The Bertz CT molecular complexity index is 581. The van der Waals surface area contributed by atoms with E-state index in [1.165, 1.54) is 18.2 Å². The first-order valence-electron chi connectivity index (χ1n) is 4.20. The second kappa shape index (κ2) is 3.60. The van der Waals surface area contributed by atoms with Gasteiger partial charge in [-0.2, -0.15) is 0 Å². The monoisotopic (exact) mass is 227 g/mol. The van der Waals surface area contributed by atoms with E-state index in [1.54, 1.807) is 0 Å². The molecule has 0 aliphatic carbocycles. The molecule has 0 aliphatic rings. The summed E-state index contributed by atoms with van der Waals surface area (Å²) in [6, 6.07) is 4.14. The van der Waals surface area contributed by atoms with Crippen LogP contribution >= 0.6 is 11.6 Å². The summed E-state index contributed by atoms with van der Waals surface area (Å²) < 4.78 is 14.4. The maximum Gasteiger partial charge on any atom is 0.263 e. The Balaban J connectivity index is 2.98. The molecule has 0 radical (unpaired) electrons. The van der Waals surface area contributed by atoms with Gasteiger partial charge in [0, 0.05) is 0 Å². The zero-order valence-electron chi connectivity index (χ0n) is 7.58. The summed E-state index contributed by atoms with van der Waals surface area (Å²) in [4.78, 5) is 15.5. The molecule has 2 rings (SSSR count). The summed E-state index contributed by atoms with van der Waals surface area (Å²) >= 11 is 5.69. The summed E-state index contributed by atoms with van der Waals surface area (Å²) in [5, 5.41) is 0.0601. The quantitative estimate of drug-likeness (QED) is 0.743. The van der Waals surface area contributed by atoms with Gasteiger partial charge in [0.1, 0.15) is 11.3 Å². The van der Waals surface area contributed by atoms with Crippen LogP contribution in [0.5, 0.6) is 0 Å². The molecule has 4 nitrogen and oxygen atoms in total. The van der Waals surface area contributed by atoms with E-state index < -0.39 is 11.4 Å². The Morgan fingerprint density at radius 1 is 1.53 bits per heavy atom. The molecular weight excluding hydrogens is 221 g/mol. The molecular formula is C9H7ClFN3O. The second-order valence-electron chi connectivity index (χ2n) is 2.93. The van der Waals surface area contributed by atoms with Crippen LogP contribution in [0.15, 0.2) is 23.0 Å². The van der Waals surface area contributed by atoms with Crippen molar-refractivity contribution >= 4 is 22.5 Å². The van der Waals surface area contributed by atoms with Gasteiger partial charge in [-0.1, -0.05) is 6.07 Å². The number of halogens is 2. The number of aromatic nitrogens is 2. The molecule has 0 amide bonds. The fraction of sp³-hybridized carbons (Fsp3) is 0.111. The number of hydrogen-bond acceptors (Lipinski definition) is 3. The van der Waals surface area contributed by atoms with Crippen LogP contribution in [0.4, 0.5) is 4.39 Å². The molecule has 0 bridgehead atoms. The lowest BCUT2D eigenvalue weighted by molar-refractivity contribution is 0.632. The van der Waals surface area contributed by atoms with Crippen LogP contribution in [0.2, 0.25) is 5.28 Å². The molecule has 2 aromatic rings. The molecule has 0 atom stereocenters. The molecule has 1 aromatic carbocycles. The topological polar surface area (TPSA) is 60.9 Å². The van der Waals surface area contributed by atoms with Crippen LogP contribution in [0, 0.1) is 5.82 Å². The number of para-hydroxylation sites is 1. The molecule has 0 aliphatic heterocycles. The largest absolute Gasteiger partial charge is 0.313 e. The third-order valence-corrected chi connectivity index (χ3v) is 2.36. The Hall–Kier alpha value is -1.46. The van der Waals surface area contributed by atoms with E-state index in [-0.39, 0.29) is 22.9 Å². The first-order valence-corrected chi connectivity index (χ1v) is 4.57. The molecule has 0 saturated carbocycles. The minimum absolute atomic E-state index is 0.0304. The number of hydrogen-bond donors (Lipinski definition) is 1. The van der Waals surface area contributed by atoms with Gasteiger partial charge in [-0.05, 0) is 23.7 Å². The van der Waals surface area contributed by atoms with E-state index >= 15 is 0 Å². The first kappa shape index (κ1) is 10.1. The lowest BCUT2D eigenvalue weighted by Crippen LogP contribution is -2.26. The molecule has 6 heteroatoms. The van der Waals surface area contributed by atoms with Crippen LogP contribution in [-0.4, -0.2) is 9.55 Å². The first-order chi connectivity index (χ1) is 7.15. The molecule has 1 heterocycles. The van der Waals surface area contributed by atoms with Gasteiger partial charge >= 0.3 is 0 Å². The van der Waals surface area contributed by atoms with E-state index in [2.05, 4.69) is 4.98 Å². The highest BCUT2D eigenvalue weighted by Gasteiger charge is 2.10. The number of fused-ring (bicyclic) bond motifs is 1. The molecule has 15 heavy (non-hydrogen) atoms. The maximum atomic E-state index is 13.3. The van der Waals surface area contributed by atoms with Crippen molar-refractivity contribution in [3.8, 4) is 0 Å². The third kappa shape index (κ3) is 1.49. The zero-order valence-corrected chi connectivity index (χ0v) is 8.33. The highest BCUT2D eigenvalue weighted by Crippen LogP contribution is 2.14. The Labute approximate surface area is 89.1 Å². The van der Waals surface area contributed by atoms with E-state index in [0.29, 0.717) is 0 Å². The summed E-state index contributed by atoms with van der Waals surface area (Å²) in [5.41, 5.74) is 4.86. The second-order valence-corrected chi connectivity index (χ2v) is 3.27. The normalized spacial score (nSPS) is 10.9. The van der Waals surface area contributed by atoms with E-state index in [0.717, 1.165) is 4.57 Å². The summed E-state index contributed by atoms with van der Waals surface area (Å²) in [6.45, 7) is -0.0862. The molecule has 78 valence electrons. The van der Waals surface area contributed by atoms with Crippen molar-refractivity contribution in [2.75, 3.05) is 0 Å². The SMILES string of the molecule is NCn1c(Cl)nc2c(F)cccc2c1=O. The highest BCUT2D eigenvalue weighted by molar-refractivity contribution is 6.28. The summed E-state index contributed by atoms with van der Waals surface area (Å²) in [6.07, 6.45) is 0. The van der Waals surface area contributed by atoms with Crippen LogP contribution in [0.3, 0.4) is 0 Å². The minimum Gasteiger partial charge on any atom is -0.313 e. The molecule has 0 saturated heterocycles. The molecule has 0 spiro atoms. The average Bonchev–Trinajstić information content (AvgIpc) is 2.20. The molecule has 1 aromatic heterocycles. The van der Waals surface area contributed by atoms with Crippen molar-refractivity contribution in [1.82, 2.24) is 9.55 Å². The van der Waals surface area contributed by atoms with Crippen LogP contribution in [0.1, 0.15) is 0 Å². The van der Waals surface area contributed by atoms with Crippen LogP contribution < -0.4 is 11.3 Å². The zero-order chi connectivity index (χ0) is 11.0. The number of nitrogens with two attached hydrogens (primary N) is 1. The predicted molar refractivity (Wildman–Crippen MR) is 55.2 cm³/mol. The van der Waals surface area contributed by atoms with Gasteiger partial charge in [0.25, 0.3) is 5.56 Å². The van der Waals surface area contributed by atoms with Crippen LogP contribution in [-0.2, 0) is 6.67 Å². The molecule has 0 fully saturated rings. The van der Waals surface area contributed by atoms with Gasteiger partial charge in [0.05, 0.1) is 12.1 Å². The van der Waals surface area contributed by atoms with E-state index in [1.807, 2.05) is 0 Å². The van der Waals surface area contributed by atoms with Crippen LogP contribution in [0.25, 0.3) is 10.9 Å². The Kier molecular flexibility index (Phi) is 2.42. The smallest absolute Gasteiger partial charge is 0.263 e.